The van der Waals surface area contributed by atoms with Crippen molar-refractivity contribution in [2.75, 3.05) is 19.6 Å². The van der Waals surface area contributed by atoms with Crippen LogP contribution in [0.15, 0.2) is 24.3 Å². The summed E-state index contributed by atoms with van der Waals surface area (Å²) in [6, 6.07) is 10.3. The van der Waals surface area contributed by atoms with Gasteiger partial charge >= 0.3 is 0 Å². The van der Waals surface area contributed by atoms with E-state index < -0.39 is 0 Å². The summed E-state index contributed by atoms with van der Waals surface area (Å²) in [5, 5.41) is 8.80. The van der Waals surface area contributed by atoms with Crippen molar-refractivity contribution in [3.63, 3.8) is 0 Å². The van der Waals surface area contributed by atoms with Gasteiger partial charge in [-0.25, -0.2) is 0 Å². The fraction of sp³-hybridized carbons (Fsp3) is 0.562. The summed E-state index contributed by atoms with van der Waals surface area (Å²) < 4.78 is 0. The molecule has 2 nitrogen and oxygen atoms in total. The van der Waals surface area contributed by atoms with Crippen LogP contribution in [-0.2, 0) is 0 Å². The Hall–Kier alpha value is -1.33. The lowest BCUT2D eigenvalue weighted by atomic mass is 9.89. The number of benzene rings is 1. The Balaban J connectivity index is 1.87. The fourth-order valence-corrected chi connectivity index (χ4v) is 2.70. The van der Waals surface area contributed by atoms with Gasteiger partial charge in [0.25, 0.3) is 0 Å². The molecule has 1 heterocycles. The molecule has 0 spiro atoms. The maximum atomic E-state index is 8.80. The molecule has 0 N–H and O–H groups in total. The molecule has 1 aliphatic rings. The first-order chi connectivity index (χ1) is 8.83. The van der Waals surface area contributed by atoms with Crippen LogP contribution >= 0.6 is 0 Å². The van der Waals surface area contributed by atoms with Crippen molar-refractivity contribution >= 4 is 0 Å². The highest BCUT2D eigenvalue weighted by Gasteiger charge is 2.19. The number of hydrogen-bond donors (Lipinski definition) is 0. The second-order valence-corrected chi connectivity index (χ2v) is 5.20. The average molecular weight is 242 g/mol. The highest BCUT2D eigenvalue weighted by Crippen LogP contribution is 2.28. The molecule has 0 unspecified atom stereocenters. The molecule has 0 atom stereocenters. The van der Waals surface area contributed by atoms with E-state index >= 15 is 0 Å². The van der Waals surface area contributed by atoms with Gasteiger partial charge in [0, 0.05) is 0 Å². The topological polar surface area (TPSA) is 27.0 Å². The lowest BCUT2D eigenvalue weighted by Crippen LogP contribution is -2.33. The van der Waals surface area contributed by atoms with Crippen LogP contribution in [0.25, 0.3) is 0 Å². The third-order valence-electron chi connectivity index (χ3n) is 3.93. The second kappa shape index (κ2) is 6.56. The Kier molecular flexibility index (Phi) is 4.78. The molecule has 0 aliphatic carbocycles. The molecule has 2 rings (SSSR count). The number of nitrogens with zero attached hydrogens (tertiary/aromatic N) is 2. The molecular formula is C16H22N2. The molecule has 96 valence electrons. The minimum absolute atomic E-state index is 0.690. The van der Waals surface area contributed by atoms with E-state index in [-0.39, 0.29) is 0 Å². The lowest BCUT2D eigenvalue weighted by molar-refractivity contribution is 0.209. The molecule has 1 aliphatic heterocycles. The number of piperidine rings is 1. The van der Waals surface area contributed by atoms with Gasteiger partial charge in [-0.15, -0.1) is 0 Å². The summed E-state index contributed by atoms with van der Waals surface area (Å²) in [5.41, 5.74) is 2.17. The van der Waals surface area contributed by atoms with E-state index in [9.17, 15) is 0 Å². The van der Waals surface area contributed by atoms with E-state index in [0.29, 0.717) is 5.92 Å². The predicted molar refractivity (Wildman–Crippen MR) is 74.5 cm³/mol. The Morgan fingerprint density at radius 2 is 1.89 bits per heavy atom. The van der Waals surface area contributed by atoms with Crippen LogP contribution in [0.2, 0.25) is 0 Å². The van der Waals surface area contributed by atoms with Crippen molar-refractivity contribution in [1.82, 2.24) is 4.90 Å². The smallest absolute Gasteiger partial charge is 0.0991 e. The molecule has 18 heavy (non-hydrogen) atoms. The zero-order valence-corrected chi connectivity index (χ0v) is 11.2. The summed E-state index contributed by atoms with van der Waals surface area (Å²) in [6.07, 6.45) is 5.13. The fourth-order valence-electron chi connectivity index (χ4n) is 2.70. The highest BCUT2D eigenvalue weighted by atomic mass is 15.1. The van der Waals surface area contributed by atoms with Gasteiger partial charge in [0.15, 0.2) is 0 Å². The van der Waals surface area contributed by atoms with Crippen LogP contribution in [0.4, 0.5) is 0 Å². The maximum Gasteiger partial charge on any atom is 0.0991 e. The van der Waals surface area contributed by atoms with Gasteiger partial charge in [-0.1, -0.05) is 25.5 Å². The van der Waals surface area contributed by atoms with Gasteiger partial charge in [-0.3, -0.25) is 0 Å². The van der Waals surface area contributed by atoms with Crippen LogP contribution in [0.1, 0.15) is 49.7 Å². The van der Waals surface area contributed by atoms with Crippen LogP contribution in [0.5, 0.6) is 0 Å². The predicted octanol–water partition coefficient (Wildman–Crippen LogP) is 3.54. The second-order valence-electron chi connectivity index (χ2n) is 5.20. The van der Waals surface area contributed by atoms with Gasteiger partial charge in [0.05, 0.1) is 11.6 Å². The molecule has 1 saturated heterocycles. The number of likely N-dealkylation sites (tertiary alicyclic amines) is 1. The number of unbranched alkanes of at least 4 members (excludes halogenated alkanes) is 1. The average Bonchev–Trinajstić information content (AvgIpc) is 2.46. The molecule has 1 aromatic rings. The standard InChI is InChI=1S/C16H22N2/c1-2-3-10-18-11-8-16(9-12-18)15-6-4-14(13-17)5-7-15/h4-7,16H,2-3,8-12H2,1H3. The molecule has 1 aromatic carbocycles. The molecule has 0 bridgehead atoms. The third kappa shape index (κ3) is 3.34. The first-order valence-electron chi connectivity index (χ1n) is 7.06. The summed E-state index contributed by atoms with van der Waals surface area (Å²) in [6.45, 7) is 5.97. The number of nitriles is 1. The van der Waals surface area contributed by atoms with Gasteiger partial charge < -0.3 is 4.90 Å². The van der Waals surface area contributed by atoms with E-state index in [1.54, 1.807) is 0 Å². The zero-order chi connectivity index (χ0) is 12.8. The Bertz CT molecular complexity index is 394. The van der Waals surface area contributed by atoms with Crippen molar-refractivity contribution in [3.8, 4) is 6.07 Å². The Morgan fingerprint density at radius 3 is 2.44 bits per heavy atom. The quantitative estimate of drug-likeness (QED) is 0.807. The van der Waals surface area contributed by atoms with E-state index in [0.717, 1.165) is 5.56 Å². The zero-order valence-electron chi connectivity index (χ0n) is 11.2. The van der Waals surface area contributed by atoms with Gasteiger partial charge in [0.2, 0.25) is 0 Å². The third-order valence-corrected chi connectivity index (χ3v) is 3.93. The monoisotopic (exact) mass is 242 g/mol. The molecule has 2 heteroatoms. The van der Waals surface area contributed by atoms with Crippen LogP contribution in [-0.4, -0.2) is 24.5 Å². The van der Waals surface area contributed by atoms with Gasteiger partial charge in [0.1, 0.15) is 0 Å². The molecular weight excluding hydrogens is 220 g/mol. The van der Waals surface area contributed by atoms with Crippen molar-refractivity contribution in [2.45, 2.75) is 38.5 Å². The largest absolute Gasteiger partial charge is 0.303 e. The number of hydrogen-bond acceptors (Lipinski definition) is 2. The maximum absolute atomic E-state index is 8.80. The molecule has 1 fully saturated rings. The van der Waals surface area contributed by atoms with Crippen LogP contribution < -0.4 is 0 Å². The molecule has 0 aromatic heterocycles. The summed E-state index contributed by atoms with van der Waals surface area (Å²) >= 11 is 0. The Labute approximate surface area is 110 Å². The van der Waals surface area contributed by atoms with Crippen LogP contribution in [0.3, 0.4) is 0 Å². The van der Waals surface area contributed by atoms with Crippen LogP contribution in [0, 0.1) is 11.3 Å². The van der Waals surface area contributed by atoms with Crippen molar-refractivity contribution in [1.29, 1.82) is 5.26 Å². The lowest BCUT2D eigenvalue weighted by Gasteiger charge is -2.32. The summed E-state index contributed by atoms with van der Waals surface area (Å²) in [5.74, 6) is 0.690. The van der Waals surface area contributed by atoms with Crippen molar-refractivity contribution in [3.05, 3.63) is 35.4 Å². The Morgan fingerprint density at radius 1 is 1.22 bits per heavy atom. The van der Waals surface area contributed by atoms with E-state index in [2.05, 4.69) is 30.0 Å². The van der Waals surface area contributed by atoms with E-state index in [1.165, 1.54) is 50.9 Å². The first kappa shape index (κ1) is 13.1. The molecule has 0 radical (unpaired) electrons. The van der Waals surface area contributed by atoms with Gasteiger partial charge in [-0.05, 0) is 62.5 Å². The van der Waals surface area contributed by atoms with Gasteiger partial charge in [-0.2, -0.15) is 5.26 Å². The SMILES string of the molecule is CCCCN1CCC(c2ccc(C#N)cc2)CC1. The minimum atomic E-state index is 0.690. The highest BCUT2D eigenvalue weighted by molar-refractivity contribution is 5.33. The molecule has 0 saturated carbocycles. The first-order valence-corrected chi connectivity index (χ1v) is 7.06. The minimum Gasteiger partial charge on any atom is -0.303 e. The number of rotatable bonds is 4. The summed E-state index contributed by atoms with van der Waals surface area (Å²) in [7, 11) is 0. The molecule has 0 amide bonds. The van der Waals surface area contributed by atoms with Crippen molar-refractivity contribution in [2.24, 2.45) is 0 Å². The van der Waals surface area contributed by atoms with E-state index in [4.69, 9.17) is 5.26 Å². The summed E-state index contributed by atoms with van der Waals surface area (Å²) in [4.78, 5) is 2.59. The van der Waals surface area contributed by atoms with E-state index in [1.807, 2.05) is 12.1 Å². The normalized spacial score (nSPS) is 17.6. The van der Waals surface area contributed by atoms with Crippen molar-refractivity contribution < 1.29 is 0 Å².